The summed E-state index contributed by atoms with van der Waals surface area (Å²) >= 11 is 4.47. The van der Waals surface area contributed by atoms with Crippen molar-refractivity contribution in [3.63, 3.8) is 0 Å². The molecular formula is C9H16N4O2S2. The summed E-state index contributed by atoms with van der Waals surface area (Å²) in [5, 5.41) is 8.15. The predicted octanol–water partition coefficient (Wildman–Crippen LogP) is 0.218. The quantitative estimate of drug-likeness (QED) is 0.785. The average molecular weight is 276 g/mol. The number of rotatable bonds is 2. The van der Waals surface area contributed by atoms with Crippen molar-refractivity contribution in [2.75, 3.05) is 12.8 Å². The second-order valence-electron chi connectivity index (χ2n) is 4.75. The Bertz CT molecular complexity index is 530. The van der Waals surface area contributed by atoms with E-state index in [0.717, 1.165) is 5.82 Å². The van der Waals surface area contributed by atoms with Crippen molar-refractivity contribution >= 4 is 22.7 Å². The highest BCUT2D eigenvalue weighted by atomic mass is 32.2. The minimum absolute atomic E-state index is 0.287. The molecule has 0 radical (unpaired) electrons. The van der Waals surface area contributed by atoms with Gasteiger partial charge < -0.3 is 4.57 Å². The molecule has 0 fully saturated rings. The summed E-state index contributed by atoms with van der Waals surface area (Å²) in [6.07, 6.45) is 1.21. The molecule has 0 saturated carbocycles. The molecule has 8 heteroatoms. The van der Waals surface area contributed by atoms with Gasteiger partial charge in [0.05, 0.1) is 17.5 Å². The minimum Gasteiger partial charge on any atom is -0.311 e. The molecule has 0 aliphatic carbocycles. The molecule has 0 atom stereocenters. The van der Waals surface area contributed by atoms with Crippen LogP contribution >= 0.6 is 12.6 Å². The summed E-state index contributed by atoms with van der Waals surface area (Å²) < 4.78 is 25.9. The van der Waals surface area contributed by atoms with Gasteiger partial charge in [-0.25, -0.2) is 8.42 Å². The lowest BCUT2D eigenvalue weighted by Gasteiger charge is -2.27. The number of hydrogen-bond donors (Lipinski definition) is 1. The van der Waals surface area contributed by atoms with Crippen molar-refractivity contribution in [2.24, 2.45) is 0 Å². The van der Waals surface area contributed by atoms with Crippen molar-refractivity contribution in [3.05, 3.63) is 11.6 Å². The minimum atomic E-state index is -3.16. The van der Waals surface area contributed by atoms with Crippen LogP contribution in [0.3, 0.4) is 0 Å². The molecule has 2 rings (SSSR count). The second-order valence-corrected chi connectivity index (χ2v) is 7.85. The van der Waals surface area contributed by atoms with Crippen molar-refractivity contribution in [1.29, 1.82) is 0 Å². The number of hydrogen-bond acceptors (Lipinski definition) is 5. The van der Waals surface area contributed by atoms with Crippen molar-refractivity contribution < 1.29 is 8.42 Å². The molecule has 6 nitrogen and oxygen atoms in total. The molecule has 1 aliphatic rings. The molecule has 0 aromatic carbocycles. The summed E-state index contributed by atoms with van der Waals surface area (Å²) in [6, 6.07) is 0. The number of fused-ring (bicyclic) bond motifs is 1. The van der Waals surface area contributed by atoms with E-state index in [1.54, 1.807) is 0 Å². The van der Waals surface area contributed by atoms with Crippen LogP contribution in [-0.4, -0.2) is 40.3 Å². The Hall–Kier alpha value is -0.600. The Balaban J connectivity index is 2.34. The molecule has 0 amide bonds. The molecule has 0 unspecified atom stereocenters. The lowest BCUT2D eigenvalue weighted by Crippen LogP contribution is -2.38. The fraction of sp³-hybridized carbons (Fsp3) is 0.778. The van der Waals surface area contributed by atoms with Crippen LogP contribution in [0.25, 0.3) is 0 Å². The van der Waals surface area contributed by atoms with Crippen LogP contribution in [0.2, 0.25) is 0 Å². The molecule has 0 bridgehead atoms. The Morgan fingerprint density at radius 1 is 1.29 bits per heavy atom. The largest absolute Gasteiger partial charge is 0.311 e. The SMILES string of the molecule is CC(C)(S)c1nnc2n1CCN(S(C)(=O)=O)C2. The van der Waals surface area contributed by atoms with E-state index in [1.165, 1.54) is 10.6 Å². The van der Waals surface area contributed by atoms with Crippen LogP contribution in [0, 0.1) is 0 Å². The van der Waals surface area contributed by atoms with Gasteiger partial charge in [0.25, 0.3) is 0 Å². The maximum absolute atomic E-state index is 11.5. The smallest absolute Gasteiger partial charge is 0.211 e. The van der Waals surface area contributed by atoms with Gasteiger partial charge in [-0.05, 0) is 13.8 Å². The van der Waals surface area contributed by atoms with E-state index in [9.17, 15) is 8.42 Å². The number of aromatic nitrogens is 3. The van der Waals surface area contributed by atoms with Gasteiger partial charge >= 0.3 is 0 Å². The topological polar surface area (TPSA) is 68.1 Å². The summed E-state index contributed by atoms with van der Waals surface area (Å²) in [7, 11) is -3.16. The van der Waals surface area contributed by atoms with Crippen molar-refractivity contribution in [2.45, 2.75) is 31.7 Å². The van der Waals surface area contributed by atoms with Gasteiger partial charge in [-0.3, -0.25) is 0 Å². The van der Waals surface area contributed by atoms with Crippen LogP contribution in [-0.2, 0) is 27.9 Å². The monoisotopic (exact) mass is 276 g/mol. The molecule has 1 aromatic rings. The summed E-state index contributed by atoms with van der Waals surface area (Å²) in [6.45, 7) is 5.21. The second kappa shape index (κ2) is 3.96. The lowest BCUT2D eigenvalue weighted by atomic mass is 10.2. The van der Waals surface area contributed by atoms with Gasteiger partial charge in [0.1, 0.15) is 11.6 Å². The fourth-order valence-electron chi connectivity index (χ4n) is 1.87. The molecule has 2 heterocycles. The zero-order valence-corrected chi connectivity index (χ0v) is 11.8. The van der Waals surface area contributed by atoms with Gasteiger partial charge in [0.15, 0.2) is 0 Å². The fourth-order valence-corrected chi connectivity index (χ4v) is 2.80. The molecule has 0 spiro atoms. The maximum atomic E-state index is 11.5. The normalized spacial score (nSPS) is 18.1. The first-order chi connectivity index (χ1) is 7.69. The highest BCUT2D eigenvalue weighted by Crippen LogP contribution is 2.27. The van der Waals surface area contributed by atoms with E-state index in [0.29, 0.717) is 18.9 Å². The van der Waals surface area contributed by atoms with Crippen LogP contribution in [0.1, 0.15) is 25.5 Å². The Morgan fingerprint density at radius 3 is 2.47 bits per heavy atom. The Morgan fingerprint density at radius 2 is 1.94 bits per heavy atom. The summed E-state index contributed by atoms with van der Waals surface area (Å²) in [5.41, 5.74) is 0. The lowest BCUT2D eigenvalue weighted by molar-refractivity contribution is 0.331. The number of sulfonamides is 1. The number of nitrogens with zero attached hydrogens (tertiary/aromatic N) is 4. The van der Waals surface area contributed by atoms with E-state index in [2.05, 4.69) is 22.8 Å². The molecular weight excluding hydrogens is 260 g/mol. The van der Waals surface area contributed by atoms with E-state index >= 15 is 0 Å². The van der Waals surface area contributed by atoms with Gasteiger partial charge in [-0.2, -0.15) is 16.9 Å². The first-order valence-electron chi connectivity index (χ1n) is 5.29. The van der Waals surface area contributed by atoms with E-state index in [1.807, 2.05) is 18.4 Å². The van der Waals surface area contributed by atoms with Gasteiger partial charge in [-0.15, -0.1) is 10.2 Å². The predicted molar refractivity (Wildman–Crippen MR) is 67.3 cm³/mol. The molecule has 1 aromatic heterocycles. The van der Waals surface area contributed by atoms with E-state index in [4.69, 9.17) is 0 Å². The highest BCUT2D eigenvalue weighted by molar-refractivity contribution is 7.88. The first kappa shape index (κ1) is 12.8. The third-order valence-electron chi connectivity index (χ3n) is 2.73. The third kappa shape index (κ3) is 2.48. The average Bonchev–Trinajstić information content (AvgIpc) is 2.57. The highest BCUT2D eigenvalue weighted by Gasteiger charge is 2.30. The Labute approximate surface area is 106 Å². The molecule has 17 heavy (non-hydrogen) atoms. The van der Waals surface area contributed by atoms with Crippen molar-refractivity contribution in [3.8, 4) is 0 Å². The third-order valence-corrected chi connectivity index (χ3v) is 4.18. The van der Waals surface area contributed by atoms with Crippen LogP contribution in [0.4, 0.5) is 0 Å². The molecule has 0 saturated heterocycles. The van der Waals surface area contributed by atoms with Crippen LogP contribution < -0.4 is 0 Å². The first-order valence-corrected chi connectivity index (χ1v) is 7.59. The molecule has 0 N–H and O–H groups in total. The van der Waals surface area contributed by atoms with Crippen LogP contribution in [0.15, 0.2) is 0 Å². The van der Waals surface area contributed by atoms with Crippen molar-refractivity contribution in [1.82, 2.24) is 19.1 Å². The van der Waals surface area contributed by atoms with Crippen LogP contribution in [0.5, 0.6) is 0 Å². The Kier molecular flexibility index (Phi) is 2.99. The molecule has 96 valence electrons. The van der Waals surface area contributed by atoms with E-state index in [-0.39, 0.29) is 11.3 Å². The zero-order chi connectivity index (χ0) is 12.8. The summed E-state index contributed by atoms with van der Waals surface area (Å²) in [5.74, 6) is 1.46. The van der Waals surface area contributed by atoms with Gasteiger partial charge in [-0.1, -0.05) is 0 Å². The standard InChI is InChI=1S/C9H16N4O2S2/c1-9(2,16)8-11-10-7-6-12(17(3,14)15)4-5-13(7)8/h16H,4-6H2,1-3H3. The summed E-state index contributed by atoms with van der Waals surface area (Å²) in [4.78, 5) is 0. The zero-order valence-electron chi connectivity index (χ0n) is 10.1. The maximum Gasteiger partial charge on any atom is 0.211 e. The number of thiol groups is 1. The van der Waals surface area contributed by atoms with Gasteiger partial charge in [0.2, 0.25) is 10.0 Å². The van der Waals surface area contributed by atoms with Gasteiger partial charge in [0, 0.05) is 13.1 Å². The molecule has 1 aliphatic heterocycles. The van der Waals surface area contributed by atoms with E-state index < -0.39 is 10.0 Å².